The zero-order valence-corrected chi connectivity index (χ0v) is 24.3. The fourth-order valence-electron chi connectivity index (χ4n) is 6.77. The Morgan fingerprint density at radius 2 is 1.12 bits per heavy atom. The van der Waals surface area contributed by atoms with Crippen LogP contribution in [0.25, 0.3) is 44.6 Å². The van der Waals surface area contributed by atoms with Crippen LogP contribution in [-0.2, 0) is 38.4 Å². The molecule has 1 aromatic heterocycles. The molecule has 0 atom stereocenters. The van der Waals surface area contributed by atoms with Crippen LogP contribution in [0.3, 0.4) is 0 Å². The summed E-state index contributed by atoms with van der Waals surface area (Å²) >= 11 is 0. The van der Waals surface area contributed by atoms with Gasteiger partial charge < -0.3 is 4.98 Å². The van der Waals surface area contributed by atoms with Crippen LogP contribution in [0.4, 0.5) is 0 Å². The Hall–Kier alpha value is -4.10. The molecule has 2 aliphatic rings. The summed E-state index contributed by atoms with van der Waals surface area (Å²) in [6, 6.07) is 49.9. The largest absolute Gasteiger partial charge is 0.305 e. The number of hydrogen-bond acceptors (Lipinski definition) is 1. The van der Waals surface area contributed by atoms with Gasteiger partial charge in [0.05, 0.1) is 0 Å². The number of nitrogens with zero attached hydrogens (tertiary/aromatic N) is 1. The third-order valence-corrected chi connectivity index (χ3v) is 8.63. The van der Waals surface area contributed by atoms with Crippen LogP contribution >= 0.6 is 0 Å². The van der Waals surface area contributed by atoms with E-state index in [-0.39, 0.29) is 25.5 Å². The van der Waals surface area contributed by atoms with Crippen LogP contribution in [0.2, 0.25) is 0 Å². The molecule has 1 spiro atoms. The molecule has 1 radical (unpaired) electrons. The van der Waals surface area contributed by atoms with E-state index in [1.807, 2.05) is 18.3 Å². The van der Waals surface area contributed by atoms with E-state index in [9.17, 15) is 0 Å². The van der Waals surface area contributed by atoms with Crippen LogP contribution in [0.1, 0.15) is 22.3 Å². The molecular weight excluding hydrogens is 663 g/mol. The molecule has 5 aromatic carbocycles. The maximum Gasteiger partial charge on any atom is 0.0201 e. The fraction of sp³-hybridized carbons (Fsp3) is 0.0789. The van der Waals surface area contributed by atoms with Crippen molar-refractivity contribution in [2.75, 3.05) is 0 Å². The van der Waals surface area contributed by atoms with E-state index in [0.717, 1.165) is 24.1 Å². The molecule has 1 heterocycles. The van der Waals surface area contributed by atoms with Gasteiger partial charge in [0.15, 0.2) is 0 Å². The summed E-state index contributed by atoms with van der Waals surface area (Å²) in [5, 5.41) is 0. The standard InChI is InChI=1S/C38H26N.Ir/c1-3-9-26(10-4-1)28-16-18-33-34-19-17-29(27-11-5-2-6-12-27)23-36(34)38(35(33)22-28)24-31-15-14-30(21-32(31)25-38)37-13-7-8-20-39-37;/h1-13,15-23H,24-25H2;/q-1;. The van der Waals surface area contributed by atoms with Crippen molar-refractivity contribution in [2.24, 2.45) is 0 Å². The summed E-state index contributed by atoms with van der Waals surface area (Å²) in [5.74, 6) is 0. The zero-order chi connectivity index (χ0) is 25.8. The molecule has 2 aliphatic carbocycles. The van der Waals surface area contributed by atoms with Crippen LogP contribution in [0.5, 0.6) is 0 Å². The van der Waals surface area contributed by atoms with Crippen LogP contribution in [0.15, 0.2) is 134 Å². The average molecular weight is 689 g/mol. The van der Waals surface area contributed by atoms with Crippen molar-refractivity contribution < 1.29 is 20.1 Å². The molecule has 40 heavy (non-hydrogen) atoms. The van der Waals surface area contributed by atoms with Crippen LogP contribution < -0.4 is 0 Å². The van der Waals surface area contributed by atoms with E-state index in [1.165, 1.54) is 55.6 Å². The quantitative estimate of drug-likeness (QED) is 0.169. The summed E-state index contributed by atoms with van der Waals surface area (Å²) in [6.45, 7) is 0. The molecule has 0 fully saturated rings. The predicted octanol–water partition coefficient (Wildman–Crippen LogP) is 8.95. The molecule has 0 N–H and O–H groups in total. The first-order valence-corrected chi connectivity index (χ1v) is 13.6. The van der Waals surface area contributed by atoms with Gasteiger partial charge in [-0.15, -0.1) is 34.9 Å². The topological polar surface area (TPSA) is 12.9 Å². The van der Waals surface area contributed by atoms with Crippen LogP contribution in [0, 0.1) is 6.07 Å². The van der Waals surface area contributed by atoms with Gasteiger partial charge in [-0.3, -0.25) is 0 Å². The summed E-state index contributed by atoms with van der Waals surface area (Å²) in [4.78, 5) is 4.59. The number of hydrogen-bond donors (Lipinski definition) is 0. The van der Waals surface area contributed by atoms with Crippen molar-refractivity contribution in [3.8, 4) is 44.6 Å². The molecule has 2 heteroatoms. The third-order valence-electron chi connectivity index (χ3n) is 8.63. The maximum absolute atomic E-state index is 4.59. The van der Waals surface area contributed by atoms with Gasteiger partial charge in [0.25, 0.3) is 0 Å². The van der Waals surface area contributed by atoms with Gasteiger partial charge >= 0.3 is 0 Å². The number of rotatable bonds is 3. The molecule has 0 unspecified atom stereocenters. The smallest absolute Gasteiger partial charge is 0.0201 e. The molecule has 0 aliphatic heterocycles. The first-order chi connectivity index (χ1) is 19.3. The average Bonchev–Trinajstić information content (AvgIpc) is 3.53. The number of fused-ring (bicyclic) bond motifs is 6. The molecule has 0 amide bonds. The summed E-state index contributed by atoms with van der Waals surface area (Å²) in [5.41, 5.74) is 15.5. The Bertz CT molecular complexity index is 1750. The van der Waals surface area contributed by atoms with Gasteiger partial charge in [0.2, 0.25) is 0 Å². The second-order valence-electron chi connectivity index (χ2n) is 10.8. The Morgan fingerprint density at radius 1 is 0.550 bits per heavy atom. The van der Waals surface area contributed by atoms with Crippen molar-refractivity contribution in [3.63, 3.8) is 0 Å². The van der Waals surface area contributed by atoms with Gasteiger partial charge in [-0.05, 0) is 81.2 Å². The van der Waals surface area contributed by atoms with E-state index in [1.54, 1.807) is 0 Å². The second-order valence-corrected chi connectivity index (χ2v) is 10.8. The van der Waals surface area contributed by atoms with Gasteiger partial charge in [0, 0.05) is 31.7 Å². The third kappa shape index (κ3) is 3.91. The Morgan fingerprint density at radius 3 is 1.70 bits per heavy atom. The maximum atomic E-state index is 4.59. The second kappa shape index (κ2) is 9.82. The Balaban J connectivity index is 0.00000264. The van der Waals surface area contributed by atoms with E-state index in [0.29, 0.717) is 0 Å². The molecule has 0 saturated heterocycles. The van der Waals surface area contributed by atoms with Gasteiger partial charge in [-0.1, -0.05) is 97.1 Å². The summed E-state index contributed by atoms with van der Waals surface area (Å²) < 4.78 is 0. The Kier molecular flexibility index (Phi) is 6.12. The normalized spacial score (nSPS) is 13.8. The Labute approximate surface area is 248 Å². The van der Waals surface area contributed by atoms with Crippen molar-refractivity contribution in [2.45, 2.75) is 18.3 Å². The molecule has 0 bridgehead atoms. The number of pyridine rings is 1. The number of benzene rings is 5. The zero-order valence-electron chi connectivity index (χ0n) is 21.9. The first kappa shape index (κ1) is 24.9. The monoisotopic (exact) mass is 689 g/mol. The van der Waals surface area contributed by atoms with Crippen molar-refractivity contribution in [1.82, 2.24) is 4.98 Å². The molecule has 0 saturated carbocycles. The minimum atomic E-state index is -0.0981. The van der Waals surface area contributed by atoms with E-state index < -0.39 is 0 Å². The molecule has 193 valence electrons. The minimum Gasteiger partial charge on any atom is -0.305 e. The molecule has 8 rings (SSSR count). The van der Waals surface area contributed by atoms with E-state index in [4.69, 9.17) is 0 Å². The molecule has 1 nitrogen and oxygen atoms in total. The van der Waals surface area contributed by atoms with Gasteiger partial charge in [-0.2, -0.15) is 0 Å². The predicted molar refractivity (Wildman–Crippen MR) is 159 cm³/mol. The van der Waals surface area contributed by atoms with Crippen LogP contribution in [-0.4, -0.2) is 4.98 Å². The van der Waals surface area contributed by atoms with Gasteiger partial charge in [0.1, 0.15) is 0 Å². The molecule has 6 aromatic rings. The summed E-state index contributed by atoms with van der Waals surface area (Å²) in [6.07, 6.45) is 3.82. The minimum absolute atomic E-state index is 0. The molecular formula is C38H26IrN-. The van der Waals surface area contributed by atoms with Crippen molar-refractivity contribution >= 4 is 0 Å². The van der Waals surface area contributed by atoms with Crippen molar-refractivity contribution in [1.29, 1.82) is 0 Å². The number of aromatic nitrogens is 1. The van der Waals surface area contributed by atoms with E-state index in [2.05, 4.69) is 126 Å². The van der Waals surface area contributed by atoms with E-state index >= 15 is 0 Å². The fourth-order valence-corrected chi connectivity index (χ4v) is 6.77. The van der Waals surface area contributed by atoms with Gasteiger partial charge in [-0.25, -0.2) is 0 Å². The summed E-state index contributed by atoms with van der Waals surface area (Å²) in [7, 11) is 0. The van der Waals surface area contributed by atoms with Crippen molar-refractivity contribution in [3.05, 3.63) is 162 Å². The SMILES string of the molecule is [Ir].[c-]1cc2c(cc1-c1ccccn1)CC1(C2)c2cc(-c3ccccc3)ccc2-c2ccc(-c3ccccc3)cc21. The first-order valence-electron chi connectivity index (χ1n) is 13.6.